The molecule has 1 aliphatic heterocycles. The normalized spacial score (nSPS) is 15.8. The molecule has 1 fully saturated rings. The van der Waals surface area contributed by atoms with Crippen LogP contribution in [0.4, 0.5) is 4.39 Å². The number of nitrogens with zero attached hydrogens (tertiary/aromatic N) is 3. The van der Waals surface area contributed by atoms with Crippen molar-refractivity contribution in [2.75, 3.05) is 19.7 Å². The van der Waals surface area contributed by atoms with Gasteiger partial charge in [0.15, 0.2) is 11.6 Å². The summed E-state index contributed by atoms with van der Waals surface area (Å²) < 4.78 is 48.2. The van der Waals surface area contributed by atoms with Crippen LogP contribution in [0.5, 0.6) is 5.75 Å². The lowest BCUT2D eigenvalue weighted by Gasteiger charge is -2.39. The van der Waals surface area contributed by atoms with Crippen molar-refractivity contribution in [1.82, 2.24) is 13.9 Å². The van der Waals surface area contributed by atoms with Gasteiger partial charge < -0.3 is 9.30 Å². The second kappa shape index (κ2) is 6.61. The van der Waals surface area contributed by atoms with Gasteiger partial charge in [-0.25, -0.2) is 17.8 Å². The number of imidazole rings is 1. The number of rotatable bonds is 5. The van der Waals surface area contributed by atoms with Crippen LogP contribution in [0.1, 0.15) is 18.8 Å². The molecule has 6 nitrogen and oxygen atoms in total. The third-order valence-electron chi connectivity index (χ3n) is 4.81. The Bertz CT molecular complexity index is 1100. The molecule has 0 N–H and O–H groups in total. The average Bonchev–Trinajstić information content (AvgIpc) is 2.91. The number of aryl methyl sites for hydroxylation is 1. The smallest absolute Gasteiger partial charge is 0.243 e. The molecule has 2 heterocycles. The number of ether oxygens (including phenoxy) is 1. The van der Waals surface area contributed by atoms with E-state index in [1.165, 1.54) is 16.4 Å². The van der Waals surface area contributed by atoms with Gasteiger partial charge in [-0.3, -0.25) is 0 Å². The van der Waals surface area contributed by atoms with Crippen LogP contribution in [0.15, 0.2) is 47.4 Å². The van der Waals surface area contributed by atoms with E-state index in [1.807, 2.05) is 31.2 Å². The number of halogens is 1. The zero-order valence-corrected chi connectivity index (χ0v) is 15.9. The Morgan fingerprint density at radius 3 is 2.67 bits per heavy atom. The Morgan fingerprint density at radius 2 is 1.96 bits per heavy atom. The molecule has 1 saturated heterocycles. The van der Waals surface area contributed by atoms with Crippen molar-refractivity contribution in [3.8, 4) is 5.75 Å². The monoisotopic (exact) mass is 389 g/mol. The molecule has 4 rings (SSSR count). The van der Waals surface area contributed by atoms with Crippen molar-refractivity contribution >= 4 is 21.1 Å². The molecule has 0 aliphatic carbocycles. The van der Waals surface area contributed by atoms with E-state index < -0.39 is 15.8 Å². The van der Waals surface area contributed by atoms with E-state index in [1.54, 1.807) is 6.92 Å². The Labute approximate surface area is 157 Å². The van der Waals surface area contributed by atoms with Gasteiger partial charge in [0.2, 0.25) is 10.0 Å². The first-order valence-electron chi connectivity index (χ1n) is 8.78. The molecule has 0 saturated carbocycles. The molecule has 0 atom stereocenters. The first-order chi connectivity index (χ1) is 12.9. The number of hydrogen-bond acceptors (Lipinski definition) is 4. The van der Waals surface area contributed by atoms with Crippen molar-refractivity contribution < 1.29 is 17.5 Å². The maximum absolute atomic E-state index is 14.1. The minimum atomic E-state index is -3.74. The zero-order valence-electron chi connectivity index (χ0n) is 15.1. The maximum Gasteiger partial charge on any atom is 0.243 e. The summed E-state index contributed by atoms with van der Waals surface area (Å²) >= 11 is 0. The first-order valence-corrected chi connectivity index (χ1v) is 10.2. The van der Waals surface area contributed by atoms with Crippen molar-refractivity contribution in [3.63, 3.8) is 0 Å². The second-order valence-electron chi connectivity index (χ2n) is 6.52. The molecule has 2 aromatic carbocycles. The second-order valence-corrected chi connectivity index (χ2v) is 8.46. The number of benzene rings is 2. The van der Waals surface area contributed by atoms with Gasteiger partial charge in [0.25, 0.3) is 0 Å². The summed E-state index contributed by atoms with van der Waals surface area (Å²) in [6, 6.07) is 11.6. The van der Waals surface area contributed by atoms with Crippen molar-refractivity contribution in [2.45, 2.75) is 24.8 Å². The lowest BCUT2D eigenvalue weighted by molar-refractivity contribution is 0.206. The van der Waals surface area contributed by atoms with E-state index >= 15 is 0 Å². The fraction of sp³-hybridized carbons (Fsp3) is 0.316. The Hall–Kier alpha value is -2.45. The molecular formula is C19H20FN3O3S. The summed E-state index contributed by atoms with van der Waals surface area (Å²) in [5.74, 6) is 0.232. The first kappa shape index (κ1) is 17.9. The molecule has 0 bridgehead atoms. The highest BCUT2D eigenvalue weighted by Gasteiger charge is 2.39. The fourth-order valence-electron chi connectivity index (χ4n) is 3.47. The SMILES string of the molecule is CCOc1ccc(S(=O)(=O)N2CC(n3c(C)nc4ccccc43)C2)cc1F. The molecular weight excluding hydrogens is 369 g/mol. The maximum atomic E-state index is 14.1. The Kier molecular flexibility index (Phi) is 4.39. The van der Waals surface area contributed by atoms with Crippen LogP contribution >= 0.6 is 0 Å². The molecule has 8 heteroatoms. The van der Waals surface area contributed by atoms with E-state index in [0.717, 1.165) is 22.9 Å². The average molecular weight is 389 g/mol. The third kappa shape index (κ3) is 2.98. The van der Waals surface area contributed by atoms with Gasteiger partial charge in [-0.15, -0.1) is 0 Å². The van der Waals surface area contributed by atoms with Gasteiger partial charge >= 0.3 is 0 Å². The van der Waals surface area contributed by atoms with Crippen LogP contribution in [0.25, 0.3) is 11.0 Å². The number of sulfonamides is 1. The van der Waals surface area contributed by atoms with E-state index in [0.29, 0.717) is 19.7 Å². The topological polar surface area (TPSA) is 64.4 Å². The van der Waals surface area contributed by atoms with Crippen molar-refractivity contribution in [3.05, 3.63) is 54.1 Å². The molecule has 142 valence electrons. The van der Waals surface area contributed by atoms with Crippen LogP contribution in [0.2, 0.25) is 0 Å². The number of fused-ring (bicyclic) bond motifs is 1. The highest BCUT2D eigenvalue weighted by Crippen LogP contribution is 2.33. The highest BCUT2D eigenvalue weighted by molar-refractivity contribution is 7.89. The molecule has 0 radical (unpaired) electrons. The summed E-state index contributed by atoms with van der Waals surface area (Å²) in [5, 5.41) is 0. The minimum absolute atomic E-state index is 0.0136. The summed E-state index contributed by atoms with van der Waals surface area (Å²) in [6.45, 7) is 4.64. The van der Waals surface area contributed by atoms with Crippen LogP contribution in [0.3, 0.4) is 0 Å². The van der Waals surface area contributed by atoms with Gasteiger partial charge in [-0.2, -0.15) is 4.31 Å². The van der Waals surface area contributed by atoms with Gasteiger partial charge in [-0.1, -0.05) is 12.1 Å². The Balaban J connectivity index is 1.56. The van der Waals surface area contributed by atoms with Crippen molar-refractivity contribution in [2.24, 2.45) is 0 Å². The van der Waals surface area contributed by atoms with Gasteiger partial charge in [0, 0.05) is 13.1 Å². The summed E-state index contributed by atoms with van der Waals surface area (Å²) in [7, 11) is -3.74. The van der Waals surface area contributed by atoms with E-state index in [4.69, 9.17) is 4.74 Å². The lowest BCUT2D eigenvalue weighted by Crippen LogP contribution is -2.50. The van der Waals surface area contributed by atoms with Crippen LogP contribution in [-0.2, 0) is 10.0 Å². The predicted octanol–water partition coefficient (Wildman–Crippen LogP) is 3.13. The quantitative estimate of drug-likeness (QED) is 0.673. The highest BCUT2D eigenvalue weighted by atomic mass is 32.2. The standard InChI is InChI=1S/C19H20FN3O3S/c1-3-26-19-9-8-15(10-16(19)20)27(24,25)22-11-14(12-22)23-13(2)21-17-6-4-5-7-18(17)23/h4-10,14H,3,11-12H2,1-2H3. The summed E-state index contributed by atoms with van der Waals surface area (Å²) in [6.07, 6.45) is 0. The lowest BCUT2D eigenvalue weighted by atomic mass is 10.1. The summed E-state index contributed by atoms with van der Waals surface area (Å²) in [4.78, 5) is 4.47. The molecule has 1 aliphatic rings. The number of aromatic nitrogens is 2. The molecule has 0 amide bonds. The third-order valence-corrected chi connectivity index (χ3v) is 6.63. The van der Waals surface area contributed by atoms with E-state index in [-0.39, 0.29) is 16.7 Å². The van der Waals surface area contributed by atoms with Gasteiger partial charge in [0.05, 0.1) is 28.6 Å². The van der Waals surface area contributed by atoms with Crippen molar-refractivity contribution in [1.29, 1.82) is 0 Å². The van der Waals surface area contributed by atoms with Gasteiger partial charge in [-0.05, 0) is 44.2 Å². The fourth-order valence-corrected chi connectivity index (χ4v) is 4.99. The molecule has 1 aromatic heterocycles. The predicted molar refractivity (Wildman–Crippen MR) is 99.8 cm³/mol. The van der Waals surface area contributed by atoms with E-state index in [2.05, 4.69) is 9.55 Å². The van der Waals surface area contributed by atoms with Crippen LogP contribution in [-0.4, -0.2) is 42.0 Å². The molecule has 0 unspecified atom stereocenters. The van der Waals surface area contributed by atoms with Gasteiger partial charge in [0.1, 0.15) is 5.82 Å². The number of hydrogen-bond donors (Lipinski definition) is 0. The molecule has 27 heavy (non-hydrogen) atoms. The zero-order chi connectivity index (χ0) is 19.2. The Morgan fingerprint density at radius 1 is 1.22 bits per heavy atom. The largest absolute Gasteiger partial charge is 0.491 e. The minimum Gasteiger partial charge on any atom is -0.491 e. The molecule has 0 spiro atoms. The van der Waals surface area contributed by atoms with E-state index in [9.17, 15) is 12.8 Å². The van der Waals surface area contributed by atoms with Crippen LogP contribution in [0, 0.1) is 12.7 Å². The van der Waals surface area contributed by atoms with Crippen LogP contribution < -0.4 is 4.74 Å². The number of para-hydroxylation sites is 2. The summed E-state index contributed by atoms with van der Waals surface area (Å²) in [5.41, 5.74) is 1.88. The molecule has 3 aromatic rings.